The average Bonchev–Trinajstić information content (AvgIpc) is 2.99. The minimum Gasteiger partial charge on any atom is -0.312 e. The zero-order valence-corrected chi connectivity index (χ0v) is 11.8. The highest BCUT2D eigenvalue weighted by Gasteiger charge is 2.26. The van der Waals surface area contributed by atoms with E-state index in [1.54, 1.807) is 0 Å². The van der Waals surface area contributed by atoms with Gasteiger partial charge in [0.1, 0.15) is 0 Å². The molecule has 0 bridgehead atoms. The molecule has 1 N–H and O–H groups in total. The molecular weight excluding hydrogens is 208 g/mol. The summed E-state index contributed by atoms with van der Waals surface area (Å²) in [5.74, 6) is 1.02. The van der Waals surface area contributed by atoms with E-state index in [-0.39, 0.29) is 0 Å². The fraction of sp³-hybridized carbons (Fsp3) is 1.00. The van der Waals surface area contributed by atoms with Gasteiger partial charge in [0, 0.05) is 25.2 Å². The van der Waals surface area contributed by atoms with E-state index < -0.39 is 0 Å². The maximum absolute atomic E-state index is 3.77. The molecule has 100 valence electrons. The topological polar surface area (TPSA) is 15.3 Å². The predicted octanol–water partition coefficient (Wildman–Crippen LogP) is 3.03. The zero-order chi connectivity index (χ0) is 12.1. The molecule has 2 heteroatoms. The highest BCUT2D eigenvalue weighted by Crippen LogP contribution is 2.30. The van der Waals surface area contributed by atoms with Gasteiger partial charge >= 0.3 is 0 Å². The van der Waals surface area contributed by atoms with Gasteiger partial charge < -0.3 is 5.32 Å². The monoisotopic (exact) mass is 238 g/mol. The summed E-state index contributed by atoms with van der Waals surface area (Å²) >= 11 is 0. The van der Waals surface area contributed by atoms with Crippen molar-refractivity contribution in [3.63, 3.8) is 0 Å². The fourth-order valence-corrected chi connectivity index (χ4v) is 3.01. The standard InChI is InChI=1S/C15H30N2/c1-3-10-17(12-14-8-9-14)13(2)11-16-15-6-4-5-7-15/h13-16H,3-12H2,1-2H3. The summed E-state index contributed by atoms with van der Waals surface area (Å²) < 4.78 is 0. The Morgan fingerprint density at radius 2 is 1.88 bits per heavy atom. The lowest BCUT2D eigenvalue weighted by Crippen LogP contribution is -2.44. The lowest BCUT2D eigenvalue weighted by Gasteiger charge is -2.30. The van der Waals surface area contributed by atoms with Gasteiger partial charge in [-0.25, -0.2) is 0 Å². The molecule has 17 heavy (non-hydrogen) atoms. The average molecular weight is 238 g/mol. The minimum absolute atomic E-state index is 0.719. The van der Waals surface area contributed by atoms with Crippen LogP contribution in [0.25, 0.3) is 0 Å². The molecule has 2 aliphatic carbocycles. The molecular formula is C15H30N2. The van der Waals surface area contributed by atoms with Crippen molar-refractivity contribution in [2.24, 2.45) is 5.92 Å². The molecule has 1 atom stereocenters. The van der Waals surface area contributed by atoms with E-state index in [2.05, 4.69) is 24.1 Å². The molecule has 0 aliphatic heterocycles. The molecule has 0 aromatic rings. The van der Waals surface area contributed by atoms with Gasteiger partial charge in [-0.1, -0.05) is 19.8 Å². The van der Waals surface area contributed by atoms with Gasteiger partial charge in [-0.15, -0.1) is 0 Å². The molecule has 2 saturated carbocycles. The van der Waals surface area contributed by atoms with Gasteiger partial charge in [-0.3, -0.25) is 4.90 Å². The van der Waals surface area contributed by atoms with Gasteiger partial charge in [-0.2, -0.15) is 0 Å². The van der Waals surface area contributed by atoms with Crippen LogP contribution in [0.1, 0.15) is 58.8 Å². The Bertz CT molecular complexity index is 207. The second kappa shape index (κ2) is 6.75. The summed E-state index contributed by atoms with van der Waals surface area (Å²) in [7, 11) is 0. The highest BCUT2D eigenvalue weighted by molar-refractivity contribution is 4.82. The van der Waals surface area contributed by atoms with Crippen LogP contribution < -0.4 is 5.32 Å². The lowest BCUT2D eigenvalue weighted by molar-refractivity contribution is 0.192. The normalized spacial score (nSPS) is 23.5. The highest BCUT2D eigenvalue weighted by atomic mass is 15.2. The number of hydrogen-bond acceptors (Lipinski definition) is 2. The molecule has 0 saturated heterocycles. The van der Waals surface area contributed by atoms with Crippen molar-refractivity contribution in [3.05, 3.63) is 0 Å². The zero-order valence-electron chi connectivity index (χ0n) is 11.8. The Kier molecular flexibility index (Phi) is 5.30. The molecule has 0 aromatic carbocycles. The van der Waals surface area contributed by atoms with Crippen LogP contribution >= 0.6 is 0 Å². The van der Waals surface area contributed by atoms with Crippen molar-refractivity contribution in [1.82, 2.24) is 10.2 Å². The third kappa shape index (κ3) is 4.59. The second-order valence-corrected chi connectivity index (χ2v) is 6.18. The Morgan fingerprint density at radius 1 is 1.18 bits per heavy atom. The Labute approximate surface area is 107 Å². The third-order valence-electron chi connectivity index (χ3n) is 4.38. The molecule has 0 radical (unpaired) electrons. The Morgan fingerprint density at radius 3 is 2.47 bits per heavy atom. The molecule has 0 amide bonds. The van der Waals surface area contributed by atoms with Gasteiger partial charge in [-0.05, 0) is 51.5 Å². The first kappa shape index (κ1) is 13.4. The maximum Gasteiger partial charge on any atom is 0.0192 e. The summed E-state index contributed by atoms with van der Waals surface area (Å²) in [6.45, 7) is 8.53. The van der Waals surface area contributed by atoms with Crippen LogP contribution in [0.4, 0.5) is 0 Å². The molecule has 1 unspecified atom stereocenters. The number of hydrogen-bond donors (Lipinski definition) is 1. The van der Waals surface area contributed by atoms with Crippen LogP contribution in [0.2, 0.25) is 0 Å². The van der Waals surface area contributed by atoms with Gasteiger partial charge in [0.2, 0.25) is 0 Å². The number of rotatable bonds is 8. The molecule has 0 heterocycles. The summed E-state index contributed by atoms with van der Waals surface area (Å²) in [5.41, 5.74) is 0. The molecule has 2 rings (SSSR count). The summed E-state index contributed by atoms with van der Waals surface area (Å²) in [5, 5.41) is 3.77. The third-order valence-corrected chi connectivity index (χ3v) is 4.38. The van der Waals surface area contributed by atoms with Crippen molar-refractivity contribution >= 4 is 0 Å². The van der Waals surface area contributed by atoms with Crippen LogP contribution in [0.3, 0.4) is 0 Å². The van der Waals surface area contributed by atoms with Crippen LogP contribution in [-0.4, -0.2) is 36.6 Å². The quantitative estimate of drug-likeness (QED) is 0.699. The van der Waals surface area contributed by atoms with E-state index in [9.17, 15) is 0 Å². The molecule has 2 aliphatic rings. The minimum atomic E-state index is 0.719. The molecule has 2 fully saturated rings. The second-order valence-electron chi connectivity index (χ2n) is 6.18. The first-order valence-electron chi connectivity index (χ1n) is 7.77. The summed E-state index contributed by atoms with van der Waals surface area (Å²) in [4.78, 5) is 2.71. The van der Waals surface area contributed by atoms with Crippen molar-refractivity contribution in [3.8, 4) is 0 Å². The first-order valence-corrected chi connectivity index (χ1v) is 7.77. The van der Waals surface area contributed by atoms with E-state index in [1.165, 1.54) is 64.6 Å². The van der Waals surface area contributed by atoms with Gasteiger partial charge in [0.25, 0.3) is 0 Å². The molecule has 0 aromatic heterocycles. The van der Waals surface area contributed by atoms with Crippen LogP contribution in [0.15, 0.2) is 0 Å². The first-order chi connectivity index (χ1) is 8.29. The van der Waals surface area contributed by atoms with Crippen LogP contribution in [-0.2, 0) is 0 Å². The van der Waals surface area contributed by atoms with Crippen molar-refractivity contribution in [2.45, 2.75) is 70.9 Å². The Balaban J connectivity index is 1.67. The van der Waals surface area contributed by atoms with Crippen molar-refractivity contribution in [2.75, 3.05) is 19.6 Å². The van der Waals surface area contributed by atoms with E-state index in [4.69, 9.17) is 0 Å². The largest absolute Gasteiger partial charge is 0.312 e. The van der Waals surface area contributed by atoms with E-state index in [0.717, 1.165) is 18.0 Å². The van der Waals surface area contributed by atoms with Crippen LogP contribution in [0.5, 0.6) is 0 Å². The van der Waals surface area contributed by atoms with Gasteiger partial charge in [0.15, 0.2) is 0 Å². The van der Waals surface area contributed by atoms with Gasteiger partial charge in [0.05, 0.1) is 0 Å². The number of nitrogens with zero attached hydrogens (tertiary/aromatic N) is 1. The molecule has 2 nitrogen and oxygen atoms in total. The van der Waals surface area contributed by atoms with Crippen molar-refractivity contribution in [1.29, 1.82) is 0 Å². The van der Waals surface area contributed by atoms with E-state index >= 15 is 0 Å². The summed E-state index contributed by atoms with van der Waals surface area (Å²) in [6.07, 6.45) is 9.93. The smallest absolute Gasteiger partial charge is 0.0192 e. The predicted molar refractivity (Wildman–Crippen MR) is 74.3 cm³/mol. The lowest BCUT2D eigenvalue weighted by atomic mass is 10.2. The maximum atomic E-state index is 3.77. The van der Waals surface area contributed by atoms with Crippen LogP contribution in [0, 0.1) is 5.92 Å². The SMILES string of the molecule is CCCN(CC1CC1)C(C)CNC1CCCC1. The fourth-order valence-electron chi connectivity index (χ4n) is 3.01. The molecule has 0 spiro atoms. The van der Waals surface area contributed by atoms with E-state index in [1.807, 2.05) is 0 Å². The number of nitrogens with one attached hydrogen (secondary N) is 1. The summed E-state index contributed by atoms with van der Waals surface area (Å²) in [6, 6.07) is 1.54. The van der Waals surface area contributed by atoms with E-state index in [0.29, 0.717) is 0 Å². The Hall–Kier alpha value is -0.0800. The van der Waals surface area contributed by atoms with Crippen molar-refractivity contribution < 1.29 is 0 Å².